The second-order valence-electron chi connectivity index (χ2n) is 3.56. The summed E-state index contributed by atoms with van der Waals surface area (Å²) in [7, 11) is 0. The third-order valence-electron chi connectivity index (χ3n) is 2.39. The fourth-order valence-electron chi connectivity index (χ4n) is 1.50. The van der Waals surface area contributed by atoms with Gasteiger partial charge in [-0.1, -0.05) is 44.2 Å². The molecule has 82 valence electrons. The van der Waals surface area contributed by atoms with Crippen molar-refractivity contribution < 1.29 is 0 Å². The van der Waals surface area contributed by atoms with Gasteiger partial charge in [0.2, 0.25) is 0 Å². The van der Waals surface area contributed by atoms with Crippen LogP contribution in [0.5, 0.6) is 0 Å². The van der Waals surface area contributed by atoms with Crippen LogP contribution in [0.25, 0.3) is 11.4 Å². The zero-order valence-electron chi connectivity index (χ0n) is 9.64. The second-order valence-corrected chi connectivity index (χ2v) is 3.56. The summed E-state index contributed by atoms with van der Waals surface area (Å²) in [5, 5.41) is 0. The number of nitrogens with zero attached hydrogens (tertiary/aromatic N) is 3. The van der Waals surface area contributed by atoms with Crippen LogP contribution in [0.2, 0.25) is 0 Å². The first-order chi connectivity index (χ1) is 7.83. The van der Waals surface area contributed by atoms with Crippen LogP contribution in [-0.4, -0.2) is 15.0 Å². The molecule has 0 unspecified atom stereocenters. The SMILES string of the molecule is CCc1nc(CC)nc(-c2ccccc2)n1. The molecule has 1 aromatic heterocycles. The van der Waals surface area contributed by atoms with Crippen molar-refractivity contribution in [3.8, 4) is 11.4 Å². The summed E-state index contributed by atoms with van der Waals surface area (Å²) in [6.45, 7) is 4.12. The van der Waals surface area contributed by atoms with Crippen LogP contribution >= 0.6 is 0 Å². The van der Waals surface area contributed by atoms with Crippen molar-refractivity contribution in [2.45, 2.75) is 26.7 Å². The maximum Gasteiger partial charge on any atom is 0.163 e. The summed E-state index contributed by atoms with van der Waals surface area (Å²) >= 11 is 0. The predicted octanol–water partition coefficient (Wildman–Crippen LogP) is 2.66. The van der Waals surface area contributed by atoms with Crippen molar-refractivity contribution in [2.75, 3.05) is 0 Å². The molecule has 0 fully saturated rings. The van der Waals surface area contributed by atoms with Crippen molar-refractivity contribution in [3.05, 3.63) is 42.0 Å². The van der Waals surface area contributed by atoms with Crippen LogP contribution in [0.4, 0.5) is 0 Å². The topological polar surface area (TPSA) is 38.7 Å². The molecule has 0 saturated carbocycles. The van der Waals surface area contributed by atoms with Gasteiger partial charge in [0.15, 0.2) is 5.82 Å². The molecular weight excluding hydrogens is 198 g/mol. The Morgan fingerprint density at radius 3 is 1.88 bits per heavy atom. The van der Waals surface area contributed by atoms with Gasteiger partial charge in [-0.3, -0.25) is 0 Å². The molecule has 0 N–H and O–H groups in total. The third-order valence-corrected chi connectivity index (χ3v) is 2.39. The Bertz CT molecular complexity index is 444. The van der Waals surface area contributed by atoms with Crippen LogP contribution in [0, 0.1) is 0 Å². The molecule has 3 nitrogen and oxygen atoms in total. The van der Waals surface area contributed by atoms with Gasteiger partial charge in [-0.05, 0) is 0 Å². The van der Waals surface area contributed by atoms with Crippen molar-refractivity contribution in [2.24, 2.45) is 0 Å². The van der Waals surface area contributed by atoms with Crippen LogP contribution in [-0.2, 0) is 12.8 Å². The number of aryl methyl sites for hydroxylation is 2. The molecule has 1 aromatic carbocycles. The molecule has 0 bridgehead atoms. The summed E-state index contributed by atoms with van der Waals surface area (Å²) in [5.41, 5.74) is 1.05. The molecule has 0 aliphatic rings. The Hall–Kier alpha value is -1.77. The summed E-state index contributed by atoms with van der Waals surface area (Å²) in [6, 6.07) is 10.0. The molecule has 0 saturated heterocycles. The average molecular weight is 213 g/mol. The Morgan fingerprint density at radius 2 is 1.38 bits per heavy atom. The molecule has 16 heavy (non-hydrogen) atoms. The first-order valence-corrected chi connectivity index (χ1v) is 5.62. The average Bonchev–Trinajstić information content (AvgIpc) is 2.39. The number of hydrogen-bond acceptors (Lipinski definition) is 3. The molecule has 2 aromatic rings. The second kappa shape index (κ2) is 4.84. The van der Waals surface area contributed by atoms with Crippen LogP contribution in [0.15, 0.2) is 30.3 Å². The summed E-state index contributed by atoms with van der Waals surface area (Å²) < 4.78 is 0. The minimum atomic E-state index is 0.782. The molecule has 3 heteroatoms. The molecule has 2 rings (SSSR count). The number of hydrogen-bond donors (Lipinski definition) is 0. The summed E-state index contributed by atoms with van der Waals surface area (Å²) in [6.07, 6.45) is 1.69. The third kappa shape index (κ3) is 2.24. The van der Waals surface area contributed by atoms with Gasteiger partial charge < -0.3 is 0 Å². The molecule has 0 aliphatic heterocycles. The zero-order chi connectivity index (χ0) is 11.4. The smallest absolute Gasteiger partial charge is 0.163 e. The van der Waals surface area contributed by atoms with E-state index in [9.17, 15) is 0 Å². The van der Waals surface area contributed by atoms with E-state index < -0.39 is 0 Å². The molecule has 0 atom stereocenters. The van der Waals surface area contributed by atoms with E-state index in [-0.39, 0.29) is 0 Å². The van der Waals surface area contributed by atoms with Gasteiger partial charge in [0.1, 0.15) is 11.6 Å². The van der Waals surface area contributed by atoms with Crippen LogP contribution in [0.1, 0.15) is 25.5 Å². The standard InChI is InChI=1S/C13H15N3/c1-3-11-14-12(4-2)16-13(15-11)10-8-6-5-7-9-10/h5-9H,3-4H2,1-2H3. The molecule has 0 spiro atoms. The van der Waals surface area contributed by atoms with E-state index in [0.717, 1.165) is 35.9 Å². The maximum atomic E-state index is 4.45. The van der Waals surface area contributed by atoms with Gasteiger partial charge in [0, 0.05) is 18.4 Å². The lowest BCUT2D eigenvalue weighted by atomic mass is 10.2. The Kier molecular flexibility index (Phi) is 3.25. The van der Waals surface area contributed by atoms with Crippen molar-refractivity contribution in [3.63, 3.8) is 0 Å². The van der Waals surface area contributed by atoms with E-state index in [4.69, 9.17) is 0 Å². The van der Waals surface area contributed by atoms with E-state index in [2.05, 4.69) is 28.8 Å². The Balaban J connectivity index is 2.48. The van der Waals surface area contributed by atoms with Crippen LogP contribution in [0.3, 0.4) is 0 Å². The van der Waals surface area contributed by atoms with Gasteiger partial charge in [-0.2, -0.15) is 0 Å². The fourth-order valence-corrected chi connectivity index (χ4v) is 1.50. The number of rotatable bonds is 3. The maximum absolute atomic E-state index is 4.45. The first-order valence-electron chi connectivity index (χ1n) is 5.62. The van der Waals surface area contributed by atoms with Gasteiger partial charge in [0.05, 0.1) is 0 Å². The minimum absolute atomic E-state index is 0.782. The molecule has 0 amide bonds. The summed E-state index contributed by atoms with van der Waals surface area (Å²) in [4.78, 5) is 13.3. The highest BCUT2D eigenvalue weighted by atomic mass is 15.0. The van der Waals surface area contributed by atoms with Gasteiger partial charge >= 0.3 is 0 Å². The number of aromatic nitrogens is 3. The Morgan fingerprint density at radius 1 is 0.812 bits per heavy atom. The minimum Gasteiger partial charge on any atom is -0.218 e. The van der Waals surface area contributed by atoms with E-state index in [1.807, 2.05) is 30.3 Å². The van der Waals surface area contributed by atoms with Gasteiger partial charge in [-0.25, -0.2) is 15.0 Å². The molecular formula is C13H15N3. The lowest BCUT2D eigenvalue weighted by molar-refractivity contribution is 0.831. The van der Waals surface area contributed by atoms with E-state index in [0.29, 0.717) is 0 Å². The van der Waals surface area contributed by atoms with Gasteiger partial charge in [0.25, 0.3) is 0 Å². The normalized spacial score (nSPS) is 10.4. The fraction of sp³-hybridized carbons (Fsp3) is 0.308. The molecule has 1 heterocycles. The highest BCUT2D eigenvalue weighted by molar-refractivity contribution is 5.54. The van der Waals surface area contributed by atoms with Gasteiger partial charge in [-0.15, -0.1) is 0 Å². The highest BCUT2D eigenvalue weighted by Gasteiger charge is 2.05. The Labute approximate surface area is 95.6 Å². The number of benzene rings is 1. The highest BCUT2D eigenvalue weighted by Crippen LogP contribution is 2.14. The molecule has 0 radical (unpaired) electrons. The first kappa shape index (κ1) is 10.7. The largest absolute Gasteiger partial charge is 0.218 e. The van der Waals surface area contributed by atoms with Crippen molar-refractivity contribution >= 4 is 0 Å². The predicted molar refractivity (Wildman–Crippen MR) is 64.0 cm³/mol. The molecule has 0 aliphatic carbocycles. The van der Waals surface area contributed by atoms with Crippen molar-refractivity contribution in [1.29, 1.82) is 0 Å². The van der Waals surface area contributed by atoms with E-state index in [1.165, 1.54) is 0 Å². The monoisotopic (exact) mass is 213 g/mol. The van der Waals surface area contributed by atoms with E-state index >= 15 is 0 Å². The lowest BCUT2D eigenvalue weighted by Crippen LogP contribution is -2.03. The quantitative estimate of drug-likeness (QED) is 0.786. The van der Waals surface area contributed by atoms with E-state index in [1.54, 1.807) is 0 Å². The zero-order valence-corrected chi connectivity index (χ0v) is 9.64. The lowest BCUT2D eigenvalue weighted by Gasteiger charge is -2.04. The van der Waals surface area contributed by atoms with Crippen molar-refractivity contribution in [1.82, 2.24) is 15.0 Å². The summed E-state index contributed by atoms with van der Waals surface area (Å²) in [5.74, 6) is 2.51. The van der Waals surface area contributed by atoms with Crippen LogP contribution < -0.4 is 0 Å².